The van der Waals surface area contributed by atoms with E-state index in [1.54, 1.807) is 0 Å². The summed E-state index contributed by atoms with van der Waals surface area (Å²) in [6.07, 6.45) is 13.2. The molecule has 0 N–H and O–H groups in total. The lowest BCUT2D eigenvalue weighted by Gasteiger charge is -2.56. The zero-order valence-electron chi connectivity index (χ0n) is 12.4. The Morgan fingerprint density at radius 1 is 0.947 bits per heavy atom. The minimum atomic E-state index is 0.169. The first-order chi connectivity index (χ1) is 9.18. The van der Waals surface area contributed by atoms with Crippen LogP contribution in [0.3, 0.4) is 0 Å². The van der Waals surface area contributed by atoms with Gasteiger partial charge in [-0.3, -0.25) is 4.79 Å². The van der Waals surface area contributed by atoms with Crippen molar-refractivity contribution in [2.75, 3.05) is 0 Å². The predicted octanol–water partition coefficient (Wildman–Crippen LogP) is 4.60. The third-order valence-corrected chi connectivity index (χ3v) is 7.05. The number of hydrogen-bond acceptors (Lipinski definition) is 1. The van der Waals surface area contributed by atoms with E-state index in [-0.39, 0.29) is 5.41 Å². The Hall–Kier alpha value is -0.330. The number of carbonyl (C=O) groups excluding carboxylic acids is 1. The molecule has 0 heterocycles. The van der Waals surface area contributed by atoms with E-state index < -0.39 is 0 Å². The first-order valence-corrected chi connectivity index (χ1v) is 8.73. The molecule has 19 heavy (non-hydrogen) atoms. The average Bonchev–Trinajstić information content (AvgIpc) is 2.84. The van der Waals surface area contributed by atoms with Gasteiger partial charge >= 0.3 is 0 Å². The lowest BCUT2D eigenvalue weighted by atomic mass is 9.47. The van der Waals surface area contributed by atoms with Gasteiger partial charge in [0.1, 0.15) is 5.78 Å². The third kappa shape index (κ3) is 1.91. The van der Waals surface area contributed by atoms with E-state index in [2.05, 4.69) is 6.92 Å². The van der Waals surface area contributed by atoms with E-state index in [9.17, 15) is 4.79 Å². The third-order valence-electron chi connectivity index (χ3n) is 7.05. The Morgan fingerprint density at radius 2 is 1.53 bits per heavy atom. The van der Waals surface area contributed by atoms with Crippen LogP contribution in [0.4, 0.5) is 0 Å². The molecule has 1 heteroatoms. The van der Waals surface area contributed by atoms with Crippen molar-refractivity contribution < 1.29 is 4.79 Å². The summed E-state index contributed by atoms with van der Waals surface area (Å²) in [5, 5.41) is 0. The highest BCUT2D eigenvalue weighted by Crippen LogP contribution is 2.61. The molecule has 0 radical (unpaired) electrons. The van der Waals surface area contributed by atoms with Crippen molar-refractivity contribution in [3.8, 4) is 0 Å². The van der Waals surface area contributed by atoms with Gasteiger partial charge in [-0.1, -0.05) is 13.3 Å². The van der Waals surface area contributed by atoms with E-state index in [0.29, 0.717) is 5.92 Å². The van der Waals surface area contributed by atoms with Crippen LogP contribution in [-0.4, -0.2) is 5.78 Å². The van der Waals surface area contributed by atoms with Crippen LogP contribution in [0.25, 0.3) is 0 Å². The lowest BCUT2D eigenvalue weighted by Crippen LogP contribution is -2.51. The maximum Gasteiger partial charge on any atom is 0.142 e. The predicted molar refractivity (Wildman–Crippen MR) is 76.7 cm³/mol. The molecular formula is C18H28O. The summed E-state index contributed by atoms with van der Waals surface area (Å²) in [5.41, 5.74) is 0.169. The minimum absolute atomic E-state index is 0.169. The molecular weight excluding hydrogens is 232 g/mol. The quantitative estimate of drug-likeness (QED) is 0.725. The first kappa shape index (κ1) is 12.4. The van der Waals surface area contributed by atoms with E-state index in [1.165, 1.54) is 64.2 Å². The van der Waals surface area contributed by atoms with Crippen molar-refractivity contribution in [1.29, 1.82) is 0 Å². The Morgan fingerprint density at radius 3 is 2.00 bits per heavy atom. The standard InChI is InChI=1S/C18H28O/c1-2-12-3-4-16(8-12)17(19)18-9-13-5-14(10-18)7-15(6-13)11-18/h12-16H,2-11H2,1H3. The second-order valence-corrected chi connectivity index (χ2v) is 8.35. The van der Waals surface area contributed by atoms with Crippen molar-refractivity contribution >= 4 is 5.78 Å². The van der Waals surface area contributed by atoms with Crippen LogP contribution in [0.15, 0.2) is 0 Å². The fourth-order valence-electron chi connectivity index (χ4n) is 6.53. The molecule has 106 valence electrons. The van der Waals surface area contributed by atoms with Gasteiger partial charge in [-0.2, -0.15) is 0 Å². The smallest absolute Gasteiger partial charge is 0.142 e. The molecule has 1 nitrogen and oxygen atoms in total. The molecule has 5 saturated carbocycles. The van der Waals surface area contributed by atoms with Crippen molar-refractivity contribution in [2.24, 2.45) is 35.0 Å². The minimum Gasteiger partial charge on any atom is -0.299 e. The molecule has 5 aliphatic carbocycles. The van der Waals surface area contributed by atoms with Crippen LogP contribution in [0, 0.1) is 35.0 Å². The van der Waals surface area contributed by atoms with Crippen molar-refractivity contribution in [1.82, 2.24) is 0 Å². The molecule has 5 rings (SSSR count). The van der Waals surface area contributed by atoms with Gasteiger partial charge in [0, 0.05) is 11.3 Å². The SMILES string of the molecule is CCC1CCC(C(=O)C23CC4CC(CC(C4)C2)C3)C1. The van der Waals surface area contributed by atoms with Gasteiger partial charge in [0.25, 0.3) is 0 Å². The Labute approximate surface area is 117 Å². The normalized spacial score (nSPS) is 51.7. The highest BCUT2D eigenvalue weighted by Gasteiger charge is 2.55. The summed E-state index contributed by atoms with van der Waals surface area (Å²) >= 11 is 0. The van der Waals surface area contributed by atoms with Crippen LogP contribution < -0.4 is 0 Å². The van der Waals surface area contributed by atoms with Gasteiger partial charge < -0.3 is 0 Å². The fourth-order valence-corrected chi connectivity index (χ4v) is 6.53. The van der Waals surface area contributed by atoms with E-state index >= 15 is 0 Å². The van der Waals surface area contributed by atoms with Gasteiger partial charge in [0.2, 0.25) is 0 Å². The number of carbonyl (C=O) groups is 1. The molecule has 2 unspecified atom stereocenters. The zero-order valence-corrected chi connectivity index (χ0v) is 12.4. The Bertz CT molecular complexity index is 348. The fraction of sp³-hybridized carbons (Fsp3) is 0.944. The second-order valence-electron chi connectivity index (χ2n) is 8.35. The van der Waals surface area contributed by atoms with Crippen molar-refractivity contribution in [3.05, 3.63) is 0 Å². The van der Waals surface area contributed by atoms with Gasteiger partial charge in [0.15, 0.2) is 0 Å². The summed E-state index contributed by atoms with van der Waals surface area (Å²) in [7, 11) is 0. The molecule has 0 amide bonds. The second kappa shape index (κ2) is 4.33. The van der Waals surface area contributed by atoms with Crippen LogP contribution in [0.2, 0.25) is 0 Å². The molecule has 0 aromatic carbocycles. The zero-order chi connectivity index (χ0) is 13.0. The Balaban J connectivity index is 1.53. The highest BCUT2D eigenvalue weighted by molar-refractivity contribution is 5.87. The number of rotatable bonds is 3. The monoisotopic (exact) mass is 260 g/mol. The molecule has 2 atom stereocenters. The Kier molecular flexibility index (Phi) is 2.83. The maximum atomic E-state index is 13.2. The molecule has 0 saturated heterocycles. The largest absolute Gasteiger partial charge is 0.299 e. The topological polar surface area (TPSA) is 17.1 Å². The lowest BCUT2D eigenvalue weighted by molar-refractivity contribution is -0.148. The molecule has 0 aliphatic heterocycles. The average molecular weight is 260 g/mol. The number of Topliss-reactive ketones (excluding diaryl/α,β-unsaturated/α-hetero) is 1. The van der Waals surface area contributed by atoms with Gasteiger partial charge in [-0.15, -0.1) is 0 Å². The van der Waals surface area contributed by atoms with Gasteiger partial charge in [-0.25, -0.2) is 0 Å². The van der Waals surface area contributed by atoms with E-state index in [1.807, 2.05) is 0 Å². The molecule has 0 aromatic heterocycles. The molecule has 0 spiro atoms. The molecule has 5 fully saturated rings. The number of hydrogen-bond donors (Lipinski definition) is 0. The summed E-state index contributed by atoms with van der Waals surface area (Å²) in [6, 6.07) is 0. The van der Waals surface area contributed by atoms with E-state index in [4.69, 9.17) is 0 Å². The van der Waals surface area contributed by atoms with Crippen molar-refractivity contribution in [2.45, 2.75) is 71.1 Å². The molecule has 4 bridgehead atoms. The van der Waals surface area contributed by atoms with Crippen LogP contribution >= 0.6 is 0 Å². The van der Waals surface area contributed by atoms with E-state index in [0.717, 1.165) is 29.5 Å². The number of ketones is 1. The first-order valence-electron chi connectivity index (χ1n) is 8.73. The van der Waals surface area contributed by atoms with Crippen LogP contribution in [-0.2, 0) is 4.79 Å². The summed E-state index contributed by atoms with van der Waals surface area (Å²) < 4.78 is 0. The maximum absolute atomic E-state index is 13.2. The highest BCUT2D eigenvalue weighted by atomic mass is 16.1. The summed E-state index contributed by atoms with van der Waals surface area (Å²) in [4.78, 5) is 13.2. The van der Waals surface area contributed by atoms with Gasteiger partial charge in [-0.05, 0) is 81.5 Å². The summed E-state index contributed by atoms with van der Waals surface area (Å²) in [5.74, 6) is 4.77. The molecule has 0 aromatic rings. The molecule has 5 aliphatic rings. The van der Waals surface area contributed by atoms with Crippen LogP contribution in [0.5, 0.6) is 0 Å². The summed E-state index contributed by atoms with van der Waals surface area (Å²) in [6.45, 7) is 2.29. The van der Waals surface area contributed by atoms with Gasteiger partial charge in [0.05, 0.1) is 0 Å². The van der Waals surface area contributed by atoms with Crippen LogP contribution in [0.1, 0.15) is 71.1 Å². The van der Waals surface area contributed by atoms with Crippen molar-refractivity contribution in [3.63, 3.8) is 0 Å².